The summed E-state index contributed by atoms with van der Waals surface area (Å²) in [6.45, 7) is 0. The molecule has 21 heavy (non-hydrogen) atoms. The van der Waals surface area contributed by atoms with Crippen LogP contribution in [0.25, 0.3) is 0 Å². The van der Waals surface area contributed by atoms with E-state index in [1.807, 2.05) is 31.3 Å². The molecule has 0 fully saturated rings. The van der Waals surface area contributed by atoms with Crippen LogP contribution < -0.4 is 14.8 Å². The number of hydrogen-bond donors (Lipinski definition) is 1. The first-order valence-electron chi connectivity index (χ1n) is 6.98. The minimum Gasteiger partial charge on any atom is -0.497 e. The maximum absolute atomic E-state index is 13.4. The fourth-order valence-electron chi connectivity index (χ4n) is 2.74. The van der Waals surface area contributed by atoms with Crippen molar-refractivity contribution in [2.24, 2.45) is 0 Å². The Balaban J connectivity index is 1.91. The molecule has 0 saturated heterocycles. The lowest BCUT2D eigenvalue weighted by Gasteiger charge is -2.32. The Morgan fingerprint density at radius 3 is 2.62 bits per heavy atom. The van der Waals surface area contributed by atoms with Gasteiger partial charge in [0.1, 0.15) is 23.4 Å². The lowest BCUT2D eigenvalue weighted by atomic mass is 9.93. The normalized spacial score (nSPS) is 20.5. The number of halogens is 1. The van der Waals surface area contributed by atoms with Gasteiger partial charge in [0.25, 0.3) is 0 Å². The average molecular weight is 287 g/mol. The zero-order valence-corrected chi connectivity index (χ0v) is 12.1. The maximum atomic E-state index is 13.4. The number of hydrogen-bond acceptors (Lipinski definition) is 3. The molecule has 3 rings (SSSR count). The molecule has 1 heterocycles. The molecule has 3 nitrogen and oxygen atoms in total. The quantitative estimate of drug-likeness (QED) is 0.935. The second-order valence-electron chi connectivity index (χ2n) is 5.14. The smallest absolute Gasteiger partial charge is 0.127 e. The zero-order chi connectivity index (χ0) is 14.8. The molecule has 1 N–H and O–H groups in total. The molecule has 110 valence electrons. The molecule has 1 aliphatic rings. The second kappa shape index (κ2) is 5.74. The van der Waals surface area contributed by atoms with Crippen LogP contribution in [0, 0.1) is 5.82 Å². The van der Waals surface area contributed by atoms with Crippen molar-refractivity contribution in [3.63, 3.8) is 0 Å². The Labute approximate surface area is 123 Å². The van der Waals surface area contributed by atoms with Crippen LogP contribution in [0.3, 0.4) is 0 Å². The van der Waals surface area contributed by atoms with Crippen LogP contribution in [0.15, 0.2) is 42.5 Å². The maximum Gasteiger partial charge on any atom is 0.127 e. The van der Waals surface area contributed by atoms with Gasteiger partial charge < -0.3 is 14.8 Å². The zero-order valence-electron chi connectivity index (χ0n) is 12.1. The van der Waals surface area contributed by atoms with Crippen LogP contribution >= 0.6 is 0 Å². The number of rotatable bonds is 3. The molecule has 0 saturated carbocycles. The lowest BCUT2D eigenvalue weighted by Crippen LogP contribution is -2.26. The second-order valence-corrected chi connectivity index (χ2v) is 5.14. The van der Waals surface area contributed by atoms with Gasteiger partial charge in [-0.15, -0.1) is 0 Å². The van der Waals surface area contributed by atoms with Crippen molar-refractivity contribution in [1.29, 1.82) is 0 Å². The van der Waals surface area contributed by atoms with Crippen molar-refractivity contribution in [3.8, 4) is 11.5 Å². The van der Waals surface area contributed by atoms with E-state index < -0.39 is 0 Å². The molecule has 0 aromatic heterocycles. The number of fused-ring (bicyclic) bond motifs is 1. The third-order valence-electron chi connectivity index (χ3n) is 3.91. The summed E-state index contributed by atoms with van der Waals surface area (Å²) in [6, 6.07) is 12.7. The van der Waals surface area contributed by atoms with Gasteiger partial charge in [0.05, 0.1) is 7.11 Å². The predicted octanol–water partition coefficient (Wildman–Crippen LogP) is 3.62. The molecular formula is C17H18FNO2. The van der Waals surface area contributed by atoms with Crippen molar-refractivity contribution in [1.82, 2.24) is 5.32 Å². The van der Waals surface area contributed by atoms with Crippen LogP contribution in [0.2, 0.25) is 0 Å². The number of methoxy groups -OCH3 is 1. The van der Waals surface area contributed by atoms with Crippen LogP contribution in [0.1, 0.15) is 29.7 Å². The molecule has 2 aromatic carbocycles. The standard InChI is InChI=1S/C17H18FNO2/c1-19-15-10-16(11-3-6-13(20-2)7-4-11)21-17-9-12(18)5-8-14(15)17/h3-9,15-16,19H,10H2,1-2H3. The van der Waals surface area contributed by atoms with Crippen molar-refractivity contribution >= 4 is 0 Å². The van der Waals surface area contributed by atoms with Gasteiger partial charge in [0.2, 0.25) is 0 Å². The van der Waals surface area contributed by atoms with Gasteiger partial charge in [-0.05, 0) is 30.8 Å². The average Bonchev–Trinajstić information content (AvgIpc) is 2.53. The van der Waals surface area contributed by atoms with E-state index in [2.05, 4.69) is 5.32 Å². The monoisotopic (exact) mass is 287 g/mol. The molecule has 4 heteroatoms. The Kier molecular flexibility index (Phi) is 3.80. The molecule has 0 bridgehead atoms. The third-order valence-corrected chi connectivity index (χ3v) is 3.91. The summed E-state index contributed by atoms with van der Waals surface area (Å²) in [5, 5.41) is 3.27. The van der Waals surface area contributed by atoms with Crippen molar-refractivity contribution in [2.75, 3.05) is 14.2 Å². The molecule has 0 amide bonds. The fraction of sp³-hybridized carbons (Fsp3) is 0.294. The summed E-state index contributed by atoms with van der Waals surface area (Å²) in [5.74, 6) is 1.14. The topological polar surface area (TPSA) is 30.5 Å². The lowest BCUT2D eigenvalue weighted by molar-refractivity contribution is 0.153. The summed E-state index contributed by atoms with van der Waals surface area (Å²) in [7, 11) is 3.55. The van der Waals surface area contributed by atoms with Crippen LogP contribution in [-0.4, -0.2) is 14.2 Å². The van der Waals surface area contributed by atoms with E-state index in [1.165, 1.54) is 12.1 Å². The van der Waals surface area contributed by atoms with E-state index in [0.29, 0.717) is 5.75 Å². The van der Waals surface area contributed by atoms with Crippen LogP contribution in [0.5, 0.6) is 11.5 Å². The summed E-state index contributed by atoms with van der Waals surface area (Å²) in [6.07, 6.45) is 0.712. The predicted molar refractivity (Wildman–Crippen MR) is 79.2 cm³/mol. The summed E-state index contributed by atoms with van der Waals surface area (Å²) in [4.78, 5) is 0. The molecule has 1 aliphatic heterocycles. The fourth-order valence-corrected chi connectivity index (χ4v) is 2.74. The molecule has 2 unspecified atom stereocenters. The molecular weight excluding hydrogens is 269 g/mol. The summed E-state index contributed by atoms with van der Waals surface area (Å²) in [5.41, 5.74) is 2.06. The highest BCUT2D eigenvalue weighted by Gasteiger charge is 2.28. The molecule has 0 spiro atoms. The SMILES string of the molecule is CNC1CC(c2ccc(OC)cc2)Oc2cc(F)ccc21. The van der Waals surface area contributed by atoms with Gasteiger partial charge in [0, 0.05) is 24.1 Å². The number of benzene rings is 2. The largest absolute Gasteiger partial charge is 0.497 e. The van der Waals surface area contributed by atoms with E-state index in [1.54, 1.807) is 13.2 Å². The van der Waals surface area contributed by atoms with Crippen LogP contribution in [-0.2, 0) is 0 Å². The van der Waals surface area contributed by atoms with Crippen molar-refractivity contribution in [2.45, 2.75) is 18.6 Å². The highest BCUT2D eigenvalue weighted by atomic mass is 19.1. The Morgan fingerprint density at radius 2 is 1.95 bits per heavy atom. The third kappa shape index (κ3) is 2.72. The number of ether oxygens (including phenoxy) is 2. The Morgan fingerprint density at radius 1 is 1.19 bits per heavy atom. The van der Waals surface area contributed by atoms with E-state index in [0.717, 1.165) is 23.3 Å². The Bertz CT molecular complexity index is 627. The first-order chi connectivity index (χ1) is 10.2. The van der Waals surface area contributed by atoms with Gasteiger partial charge in [-0.1, -0.05) is 18.2 Å². The van der Waals surface area contributed by atoms with Gasteiger partial charge in [-0.3, -0.25) is 0 Å². The van der Waals surface area contributed by atoms with E-state index >= 15 is 0 Å². The summed E-state index contributed by atoms with van der Waals surface area (Å²) < 4.78 is 24.6. The highest BCUT2D eigenvalue weighted by molar-refractivity contribution is 5.40. The van der Waals surface area contributed by atoms with E-state index in [9.17, 15) is 4.39 Å². The van der Waals surface area contributed by atoms with Gasteiger partial charge in [0.15, 0.2) is 0 Å². The molecule has 0 radical (unpaired) electrons. The van der Waals surface area contributed by atoms with E-state index in [-0.39, 0.29) is 18.0 Å². The highest BCUT2D eigenvalue weighted by Crippen LogP contribution is 2.41. The minimum absolute atomic E-state index is 0.0948. The van der Waals surface area contributed by atoms with Crippen molar-refractivity contribution < 1.29 is 13.9 Å². The van der Waals surface area contributed by atoms with Gasteiger partial charge in [-0.2, -0.15) is 0 Å². The van der Waals surface area contributed by atoms with Gasteiger partial charge >= 0.3 is 0 Å². The molecule has 0 aliphatic carbocycles. The number of nitrogens with one attached hydrogen (secondary N) is 1. The van der Waals surface area contributed by atoms with Gasteiger partial charge in [-0.25, -0.2) is 4.39 Å². The minimum atomic E-state index is -0.279. The van der Waals surface area contributed by atoms with Crippen LogP contribution in [0.4, 0.5) is 4.39 Å². The first kappa shape index (κ1) is 13.9. The molecule has 2 atom stereocenters. The first-order valence-corrected chi connectivity index (χ1v) is 6.98. The molecule has 2 aromatic rings. The van der Waals surface area contributed by atoms with Crippen molar-refractivity contribution in [3.05, 3.63) is 59.4 Å². The van der Waals surface area contributed by atoms with E-state index in [4.69, 9.17) is 9.47 Å². The Hall–Kier alpha value is -2.07. The summed E-state index contributed by atoms with van der Waals surface area (Å²) >= 11 is 0.